The molecule has 0 amide bonds. The number of para-hydroxylation sites is 2. The van der Waals surface area contributed by atoms with E-state index in [9.17, 15) is 0 Å². The summed E-state index contributed by atoms with van der Waals surface area (Å²) in [6.45, 7) is 10.2. The van der Waals surface area contributed by atoms with Crippen LogP contribution in [0.3, 0.4) is 0 Å². The minimum absolute atomic E-state index is 0.208. The molecule has 0 aliphatic rings. The number of imidazole rings is 1. The molecular formula is C28H32N2O. The van der Waals surface area contributed by atoms with Crippen LogP contribution in [0.5, 0.6) is 5.75 Å². The van der Waals surface area contributed by atoms with Crippen molar-refractivity contribution in [1.29, 1.82) is 0 Å². The standard InChI is InChI=1S/C28H32N2O/c1-20(2)18-23-12-14-24(15-13-23)22(4)28-29-26-10-5-6-11-27(26)30(28)16-17-31-25-9-7-8-21(3)19-25/h5-15,19-20,22H,16-18H2,1-4H3. The second-order valence-electron chi connectivity index (χ2n) is 8.84. The Bertz CT molecular complexity index is 1140. The molecule has 1 heterocycles. The number of hydrogen-bond acceptors (Lipinski definition) is 2. The molecule has 0 fully saturated rings. The Morgan fingerprint density at radius 2 is 1.68 bits per heavy atom. The fraction of sp³-hybridized carbons (Fsp3) is 0.321. The molecule has 0 bridgehead atoms. The third-order valence-electron chi connectivity index (χ3n) is 5.77. The Labute approximate surface area is 185 Å². The molecular weight excluding hydrogens is 380 g/mol. The molecule has 0 radical (unpaired) electrons. The number of benzene rings is 3. The van der Waals surface area contributed by atoms with Crippen molar-refractivity contribution in [3.05, 3.63) is 95.3 Å². The van der Waals surface area contributed by atoms with Crippen molar-refractivity contribution < 1.29 is 4.74 Å². The van der Waals surface area contributed by atoms with Crippen molar-refractivity contribution in [1.82, 2.24) is 9.55 Å². The van der Waals surface area contributed by atoms with Gasteiger partial charge >= 0.3 is 0 Å². The highest BCUT2D eigenvalue weighted by Crippen LogP contribution is 2.28. The quantitative estimate of drug-likeness (QED) is 0.319. The molecule has 1 atom stereocenters. The maximum absolute atomic E-state index is 6.05. The molecule has 0 saturated carbocycles. The molecule has 0 aliphatic heterocycles. The predicted octanol–water partition coefficient (Wildman–Crippen LogP) is 6.77. The van der Waals surface area contributed by atoms with Crippen LogP contribution in [0.15, 0.2) is 72.8 Å². The Kier molecular flexibility index (Phi) is 6.41. The average molecular weight is 413 g/mol. The molecule has 0 spiro atoms. The molecule has 160 valence electrons. The zero-order valence-electron chi connectivity index (χ0n) is 19.0. The third-order valence-corrected chi connectivity index (χ3v) is 5.77. The van der Waals surface area contributed by atoms with Gasteiger partial charge in [-0.25, -0.2) is 4.98 Å². The zero-order chi connectivity index (χ0) is 21.8. The molecule has 3 heteroatoms. The molecule has 0 saturated heterocycles. The molecule has 31 heavy (non-hydrogen) atoms. The van der Waals surface area contributed by atoms with E-state index >= 15 is 0 Å². The maximum atomic E-state index is 6.05. The summed E-state index contributed by atoms with van der Waals surface area (Å²) in [5.74, 6) is 2.88. The van der Waals surface area contributed by atoms with E-state index in [1.165, 1.54) is 16.7 Å². The van der Waals surface area contributed by atoms with Crippen LogP contribution in [0.2, 0.25) is 0 Å². The van der Waals surface area contributed by atoms with Gasteiger partial charge in [0.15, 0.2) is 0 Å². The Hall–Kier alpha value is -3.07. The van der Waals surface area contributed by atoms with Gasteiger partial charge in [0.05, 0.1) is 17.6 Å². The summed E-state index contributed by atoms with van der Waals surface area (Å²) >= 11 is 0. The summed E-state index contributed by atoms with van der Waals surface area (Å²) in [5.41, 5.74) is 6.10. The van der Waals surface area contributed by atoms with Crippen molar-refractivity contribution in [3.8, 4) is 5.75 Å². The van der Waals surface area contributed by atoms with E-state index in [1.807, 2.05) is 12.1 Å². The molecule has 1 unspecified atom stereocenters. The van der Waals surface area contributed by atoms with Crippen molar-refractivity contribution in [3.63, 3.8) is 0 Å². The molecule has 4 rings (SSSR count). The van der Waals surface area contributed by atoms with Crippen LogP contribution in [-0.4, -0.2) is 16.2 Å². The maximum Gasteiger partial charge on any atom is 0.119 e. The predicted molar refractivity (Wildman–Crippen MR) is 129 cm³/mol. The van der Waals surface area contributed by atoms with Crippen molar-refractivity contribution >= 4 is 11.0 Å². The number of aromatic nitrogens is 2. The number of ether oxygens (including phenoxy) is 1. The number of rotatable bonds is 8. The van der Waals surface area contributed by atoms with E-state index in [2.05, 4.69) is 92.9 Å². The third kappa shape index (κ3) is 4.99. The Morgan fingerprint density at radius 1 is 0.903 bits per heavy atom. The SMILES string of the molecule is Cc1cccc(OCCn2c(C(C)c3ccc(CC(C)C)cc3)nc3ccccc32)c1. The van der Waals surface area contributed by atoms with Gasteiger partial charge in [-0.15, -0.1) is 0 Å². The fourth-order valence-corrected chi connectivity index (χ4v) is 4.18. The summed E-state index contributed by atoms with van der Waals surface area (Å²) in [6, 6.07) is 25.6. The number of fused-ring (bicyclic) bond motifs is 1. The highest BCUT2D eigenvalue weighted by Gasteiger charge is 2.18. The normalized spacial score (nSPS) is 12.4. The number of hydrogen-bond donors (Lipinski definition) is 0. The summed E-state index contributed by atoms with van der Waals surface area (Å²) in [5, 5.41) is 0. The van der Waals surface area contributed by atoms with Crippen LogP contribution < -0.4 is 4.74 Å². The van der Waals surface area contributed by atoms with Gasteiger partial charge < -0.3 is 9.30 Å². The first-order valence-electron chi connectivity index (χ1n) is 11.2. The van der Waals surface area contributed by atoms with Crippen LogP contribution in [-0.2, 0) is 13.0 Å². The van der Waals surface area contributed by atoms with Crippen LogP contribution >= 0.6 is 0 Å². The second kappa shape index (κ2) is 9.38. The lowest BCUT2D eigenvalue weighted by atomic mass is 9.96. The molecule has 3 nitrogen and oxygen atoms in total. The van der Waals surface area contributed by atoms with Gasteiger partial charge in [-0.2, -0.15) is 0 Å². The topological polar surface area (TPSA) is 27.1 Å². The molecule has 1 aromatic heterocycles. The average Bonchev–Trinajstić information content (AvgIpc) is 3.12. The number of aryl methyl sites for hydroxylation is 1. The highest BCUT2D eigenvalue weighted by molar-refractivity contribution is 5.76. The monoisotopic (exact) mass is 412 g/mol. The summed E-state index contributed by atoms with van der Waals surface area (Å²) in [6.07, 6.45) is 1.11. The largest absolute Gasteiger partial charge is 0.492 e. The van der Waals surface area contributed by atoms with Gasteiger partial charge in [-0.3, -0.25) is 0 Å². The van der Waals surface area contributed by atoms with Crippen molar-refractivity contribution in [2.45, 2.75) is 46.6 Å². The van der Waals surface area contributed by atoms with Gasteiger partial charge in [-0.05, 0) is 60.2 Å². The van der Waals surface area contributed by atoms with Crippen molar-refractivity contribution in [2.24, 2.45) is 5.92 Å². The van der Waals surface area contributed by atoms with Crippen LogP contribution in [0, 0.1) is 12.8 Å². The highest BCUT2D eigenvalue weighted by atomic mass is 16.5. The van der Waals surface area contributed by atoms with E-state index in [1.54, 1.807) is 0 Å². The summed E-state index contributed by atoms with van der Waals surface area (Å²) < 4.78 is 8.37. The molecule has 0 N–H and O–H groups in total. The second-order valence-corrected chi connectivity index (χ2v) is 8.84. The van der Waals surface area contributed by atoms with Gasteiger partial charge in [-0.1, -0.05) is 69.3 Å². The fourth-order valence-electron chi connectivity index (χ4n) is 4.18. The Balaban J connectivity index is 1.58. The van der Waals surface area contributed by atoms with E-state index in [4.69, 9.17) is 9.72 Å². The lowest BCUT2D eigenvalue weighted by Gasteiger charge is -2.16. The summed E-state index contributed by atoms with van der Waals surface area (Å²) in [4.78, 5) is 5.01. The first-order valence-corrected chi connectivity index (χ1v) is 11.2. The lowest BCUT2D eigenvalue weighted by Crippen LogP contribution is -2.13. The smallest absolute Gasteiger partial charge is 0.119 e. The Morgan fingerprint density at radius 3 is 2.42 bits per heavy atom. The van der Waals surface area contributed by atoms with Gasteiger partial charge in [0.25, 0.3) is 0 Å². The first kappa shape index (κ1) is 21.2. The van der Waals surface area contributed by atoms with Gasteiger partial charge in [0.1, 0.15) is 18.2 Å². The van der Waals surface area contributed by atoms with Gasteiger partial charge in [0.2, 0.25) is 0 Å². The van der Waals surface area contributed by atoms with Crippen molar-refractivity contribution in [2.75, 3.05) is 6.61 Å². The van der Waals surface area contributed by atoms with Crippen LogP contribution in [0.4, 0.5) is 0 Å². The van der Waals surface area contributed by atoms with E-state index in [-0.39, 0.29) is 5.92 Å². The minimum Gasteiger partial charge on any atom is -0.492 e. The summed E-state index contributed by atoms with van der Waals surface area (Å²) in [7, 11) is 0. The minimum atomic E-state index is 0.208. The first-order chi connectivity index (χ1) is 15.0. The van der Waals surface area contributed by atoms with Crippen LogP contribution in [0.1, 0.15) is 49.2 Å². The lowest BCUT2D eigenvalue weighted by molar-refractivity contribution is 0.297. The van der Waals surface area contributed by atoms with E-state index in [0.717, 1.165) is 35.6 Å². The zero-order valence-corrected chi connectivity index (χ0v) is 19.0. The molecule has 4 aromatic rings. The van der Waals surface area contributed by atoms with E-state index in [0.29, 0.717) is 12.5 Å². The van der Waals surface area contributed by atoms with Gasteiger partial charge in [0, 0.05) is 5.92 Å². The van der Waals surface area contributed by atoms with E-state index < -0.39 is 0 Å². The molecule has 0 aliphatic carbocycles. The number of nitrogens with zero attached hydrogens (tertiary/aromatic N) is 2. The molecule has 3 aromatic carbocycles. The van der Waals surface area contributed by atoms with Crippen LogP contribution in [0.25, 0.3) is 11.0 Å².